The Labute approximate surface area is 168 Å². The number of thiazole rings is 1. The zero-order valence-electron chi connectivity index (χ0n) is 15.6. The molecule has 1 atom stereocenters. The van der Waals surface area contributed by atoms with Crippen LogP contribution in [-0.4, -0.2) is 27.9 Å². The zero-order valence-corrected chi connectivity index (χ0v) is 17.2. The van der Waals surface area contributed by atoms with Gasteiger partial charge in [0.2, 0.25) is 5.95 Å². The standard InChI is InChI=1S/C18H20N5O3S2/c1-11-8-12(2)20-18(19-11)22-16(17-10-27-13(3)21-17)9-14-4-6-15(7-5-14)23-28(24,25)26/h4,6-8,10,16,23H,9H2,1-3H3,(H,19,20,22)(H,24,25,26). The molecule has 3 N–H and O–H groups in total. The second-order valence-electron chi connectivity index (χ2n) is 6.35. The average Bonchev–Trinajstić information content (AvgIpc) is 3.00. The van der Waals surface area contributed by atoms with Crippen molar-refractivity contribution < 1.29 is 13.0 Å². The Bertz CT molecular complexity index is 1040. The van der Waals surface area contributed by atoms with Gasteiger partial charge in [0.05, 0.1) is 22.4 Å². The van der Waals surface area contributed by atoms with Crippen molar-refractivity contribution in [1.29, 1.82) is 0 Å². The molecule has 0 amide bonds. The normalized spacial score (nSPS) is 12.6. The van der Waals surface area contributed by atoms with E-state index in [0.29, 0.717) is 12.4 Å². The predicted molar refractivity (Wildman–Crippen MR) is 109 cm³/mol. The van der Waals surface area contributed by atoms with Gasteiger partial charge in [-0.3, -0.25) is 9.27 Å². The Balaban J connectivity index is 1.83. The number of anilines is 2. The van der Waals surface area contributed by atoms with Gasteiger partial charge in [-0.25, -0.2) is 15.0 Å². The van der Waals surface area contributed by atoms with Crippen molar-refractivity contribution in [3.8, 4) is 0 Å². The Kier molecular flexibility index (Phi) is 5.92. The average molecular weight is 419 g/mol. The van der Waals surface area contributed by atoms with E-state index in [1.54, 1.807) is 23.5 Å². The van der Waals surface area contributed by atoms with E-state index in [0.717, 1.165) is 27.7 Å². The number of nitrogens with zero attached hydrogens (tertiary/aromatic N) is 3. The van der Waals surface area contributed by atoms with Crippen molar-refractivity contribution in [1.82, 2.24) is 15.0 Å². The van der Waals surface area contributed by atoms with Gasteiger partial charge in [-0.15, -0.1) is 11.3 Å². The minimum atomic E-state index is -4.31. The van der Waals surface area contributed by atoms with E-state index in [9.17, 15) is 8.42 Å². The fourth-order valence-electron chi connectivity index (χ4n) is 2.73. The molecule has 0 bridgehead atoms. The number of aryl methyl sites for hydroxylation is 3. The van der Waals surface area contributed by atoms with Crippen LogP contribution in [0.2, 0.25) is 0 Å². The van der Waals surface area contributed by atoms with Gasteiger partial charge in [0.25, 0.3) is 0 Å². The first kappa shape index (κ1) is 20.2. The van der Waals surface area contributed by atoms with E-state index in [1.807, 2.05) is 36.9 Å². The summed E-state index contributed by atoms with van der Waals surface area (Å²) >= 11 is 1.56. The van der Waals surface area contributed by atoms with Crippen LogP contribution >= 0.6 is 11.3 Å². The van der Waals surface area contributed by atoms with Crippen molar-refractivity contribution in [3.05, 3.63) is 63.4 Å². The Morgan fingerprint density at radius 3 is 2.43 bits per heavy atom. The predicted octanol–water partition coefficient (Wildman–Crippen LogP) is 3.27. The van der Waals surface area contributed by atoms with E-state index in [2.05, 4.69) is 26.3 Å². The molecule has 0 aliphatic carbocycles. The van der Waals surface area contributed by atoms with Gasteiger partial charge in [-0.05, 0) is 57.0 Å². The van der Waals surface area contributed by atoms with Crippen LogP contribution in [-0.2, 0) is 16.7 Å². The second-order valence-corrected chi connectivity index (χ2v) is 8.56. The van der Waals surface area contributed by atoms with Crippen LogP contribution in [0.15, 0.2) is 29.6 Å². The van der Waals surface area contributed by atoms with E-state index in [1.165, 1.54) is 6.07 Å². The highest BCUT2D eigenvalue weighted by molar-refractivity contribution is 7.87. The molecule has 0 saturated carbocycles. The van der Waals surface area contributed by atoms with Crippen molar-refractivity contribution >= 4 is 33.3 Å². The van der Waals surface area contributed by atoms with Gasteiger partial charge in [0.15, 0.2) is 0 Å². The third-order valence-corrected chi connectivity index (χ3v) is 5.11. The monoisotopic (exact) mass is 418 g/mol. The second kappa shape index (κ2) is 8.21. The lowest BCUT2D eigenvalue weighted by molar-refractivity contribution is 0.489. The van der Waals surface area contributed by atoms with E-state index in [-0.39, 0.29) is 11.7 Å². The molecule has 1 aromatic carbocycles. The van der Waals surface area contributed by atoms with Crippen LogP contribution in [0.4, 0.5) is 11.6 Å². The van der Waals surface area contributed by atoms with Crippen LogP contribution in [0, 0.1) is 26.8 Å². The van der Waals surface area contributed by atoms with E-state index >= 15 is 0 Å². The first-order valence-corrected chi connectivity index (χ1v) is 10.8. The third kappa shape index (κ3) is 5.72. The summed E-state index contributed by atoms with van der Waals surface area (Å²) in [6.45, 7) is 5.77. The Morgan fingerprint density at radius 2 is 1.89 bits per heavy atom. The molecule has 2 heterocycles. The fourth-order valence-corrected chi connectivity index (χ4v) is 3.82. The summed E-state index contributed by atoms with van der Waals surface area (Å²) < 4.78 is 32.7. The van der Waals surface area contributed by atoms with Gasteiger partial charge in [0.1, 0.15) is 0 Å². The van der Waals surface area contributed by atoms with Crippen molar-refractivity contribution in [3.63, 3.8) is 0 Å². The van der Waals surface area contributed by atoms with Gasteiger partial charge in [0, 0.05) is 16.8 Å². The molecule has 10 heteroatoms. The Hall–Kier alpha value is -2.56. The molecule has 1 radical (unpaired) electrons. The first-order valence-electron chi connectivity index (χ1n) is 8.44. The smallest absolute Gasteiger partial charge is 0.345 e. The van der Waals surface area contributed by atoms with Gasteiger partial charge in [-0.1, -0.05) is 6.07 Å². The largest absolute Gasteiger partial charge is 0.357 e. The summed E-state index contributed by atoms with van der Waals surface area (Å²) in [5.74, 6) is 0.526. The van der Waals surface area contributed by atoms with Crippen molar-refractivity contribution in [2.24, 2.45) is 0 Å². The molecule has 1 unspecified atom stereocenters. The summed E-state index contributed by atoms with van der Waals surface area (Å²) in [4.78, 5) is 13.5. The zero-order chi connectivity index (χ0) is 20.3. The lowest BCUT2D eigenvalue weighted by atomic mass is 10.0. The summed E-state index contributed by atoms with van der Waals surface area (Å²) in [6, 6.07) is 9.54. The minimum absolute atomic E-state index is 0.178. The molecule has 8 nitrogen and oxygen atoms in total. The van der Waals surface area contributed by atoms with Crippen LogP contribution in [0.1, 0.15) is 33.7 Å². The third-order valence-electron chi connectivity index (χ3n) is 3.83. The number of rotatable bonds is 7. The molecule has 147 valence electrons. The quantitative estimate of drug-likeness (QED) is 0.504. The van der Waals surface area contributed by atoms with Gasteiger partial charge < -0.3 is 5.32 Å². The molecular formula is C18H20N5O3S2. The van der Waals surface area contributed by atoms with E-state index < -0.39 is 10.3 Å². The van der Waals surface area contributed by atoms with E-state index in [4.69, 9.17) is 4.55 Å². The van der Waals surface area contributed by atoms with Crippen LogP contribution in [0.5, 0.6) is 0 Å². The molecule has 0 aliphatic heterocycles. The summed E-state index contributed by atoms with van der Waals surface area (Å²) in [5.41, 5.74) is 3.69. The van der Waals surface area contributed by atoms with Crippen molar-refractivity contribution in [2.45, 2.75) is 33.2 Å². The number of nitrogens with one attached hydrogen (secondary N) is 2. The SMILES string of the molecule is Cc1cc(C)nc(NC(Cc2[c]cc(NS(=O)(=O)O)cc2)c2csc(C)n2)n1. The number of benzene rings is 1. The van der Waals surface area contributed by atoms with Crippen LogP contribution in [0.25, 0.3) is 0 Å². The Morgan fingerprint density at radius 1 is 1.18 bits per heavy atom. The molecule has 2 aromatic heterocycles. The molecule has 3 aromatic rings. The lowest BCUT2D eigenvalue weighted by Gasteiger charge is -2.18. The molecule has 0 saturated heterocycles. The van der Waals surface area contributed by atoms with Crippen molar-refractivity contribution in [2.75, 3.05) is 10.0 Å². The fraction of sp³-hybridized carbons (Fsp3) is 0.278. The van der Waals surface area contributed by atoms with Gasteiger partial charge >= 0.3 is 10.3 Å². The maximum atomic E-state index is 10.9. The number of aromatic nitrogens is 3. The molecule has 0 spiro atoms. The number of hydrogen-bond donors (Lipinski definition) is 3. The maximum Gasteiger partial charge on any atom is 0.357 e. The molecule has 0 aliphatic rings. The highest BCUT2D eigenvalue weighted by Crippen LogP contribution is 2.24. The summed E-state index contributed by atoms with van der Waals surface area (Å²) in [6.07, 6.45) is 0.547. The lowest BCUT2D eigenvalue weighted by Crippen LogP contribution is -2.17. The summed E-state index contributed by atoms with van der Waals surface area (Å²) in [5, 5.41) is 6.29. The molecular weight excluding hydrogens is 398 g/mol. The molecule has 0 fully saturated rings. The first-order chi connectivity index (χ1) is 13.2. The number of hydrogen-bond acceptors (Lipinski definition) is 7. The highest BCUT2D eigenvalue weighted by atomic mass is 32.2. The topological polar surface area (TPSA) is 117 Å². The molecule has 3 rings (SSSR count). The minimum Gasteiger partial charge on any atom is -0.345 e. The summed E-state index contributed by atoms with van der Waals surface area (Å²) in [7, 11) is -4.31. The maximum absolute atomic E-state index is 10.9. The van der Waals surface area contributed by atoms with Crippen LogP contribution in [0.3, 0.4) is 0 Å². The highest BCUT2D eigenvalue weighted by Gasteiger charge is 2.17. The van der Waals surface area contributed by atoms with Gasteiger partial charge in [-0.2, -0.15) is 8.42 Å². The van der Waals surface area contributed by atoms with Crippen LogP contribution < -0.4 is 10.0 Å². The molecule has 28 heavy (non-hydrogen) atoms.